The largest absolute Gasteiger partial charge is 0.673 e. The third kappa shape index (κ3) is 3.07. The molecule has 0 aliphatic heterocycles. The fourth-order valence-electron chi connectivity index (χ4n) is 0.430. The zero-order chi connectivity index (χ0) is 5.70. The van der Waals surface area contributed by atoms with Crippen molar-refractivity contribution in [1.82, 2.24) is 0 Å². The first kappa shape index (κ1) is 7.45. The van der Waals surface area contributed by atoms with Crippen molar-refractivity contribution < 1.29 is 7.58 Å². The van der Waals surface area contributed by atoms with E-state index in [0.29, 0.717) is 0 Å². The van der Waals surface area contributed by atoms with Crippen molar-refractivity contribution in [1.29, 1.82) is 0 Å². The van der Waals surface area contributed by atoms with Crippen LogP contribution in [0.15, 0.2) is 0 Å². The van der Waals surface area contributed by atoms with Crippen LogP contribution < -0.4 is 0 Å². The minimum atomic E-state index is -1.17. The monoisotopic (exact) mass is 118 g/mol. The van der Waals surface area contributed by atoms with Crippen molar-refractivity contribution in [2.24, 2.45) is 0 Å². The van der Waals surface area contributed by atoms with Crippen LogP contribution in [-0.2, 0) is 7.58 Å². The lowest BCUT2D eigenvalue weighted by Crippen LogP contribution is -2.16. The van der Waals surface area contributed by atoms with Crippen LogP contribution in [0.4, 0.5) is 0 Å². The maximum Gasteiger partial charge on any atom is 0.673 e. The molecule has 0 saturated carbocycles. The Morgan fingerprint density at radius 1 is 1.29 bits per heavy atom. The highest BCUT2D eigenvalue weighted by Gasteiger charge is 2.16. The lowest BCUT2D eigenvalue weighted by molar-refractivity contribution is 0.279. The van der Waals surface area contributed by atoms with E-state index in [2.05, 4.69) is 6.92 Å². The molecule has 7 heavy (non-hydrogen) atoms. The van der Waals surface area contributed by atoms with Crippen molar-refractivity contribution in [2.45, 2.75) is 12.2 Å². The minimum Gasteiger partial charge on any atom is -0.481 e. The van der Waals surface area contributed by atoms with Gasteiger partial charge in [0.05, 0.1) is 0 Å². The fourth-order valence-corrected chi connectivity index (χ4v) is 1.29. The van der Waals surface area contributed by atoms with Gasteiger partial charge in [0, 0.05) is 14.2 Å². The second kappa shape index (κ2) is 4.61. The molecule has 0 unspecified atom stereocenters. The molecule has 3 heteroatoms. The van der Waals surface area contributed by atoms with Crippen LogP contribution in [0.2, 0.25) is 5.28 Å². The van der Waals surface area contributed by atoms with Gasteiger partial charge in [0.1, 0.15) is 0 Å². The highest BCUT2D eigenvalue weighted by atomic mass is 27.2. The zero-order valence-corrected chi connectivity index (χ0v) is 6.26. The maximum atomic E-state index is 4.97. The molecule has 0 rings (SSSR count). The van der Waals surface area contributed by atoms with E-state index >= 15 is 0 Å². The van der Waals surface area contributed by atoms with Gasteiger partial charge in [-0.05, 0) is 5.28 Å². The predicted molar refractivity (Wildman–Crippen MR) is 30.3 cm³/mol. The number of rotatable bonds is 3. The van der Waals surface area contributed by atoms with E-state index in [1.807, 2.05) is 0 Å². The van der Waals surface area contributed by atoms with E-state index < -0.39 is 14.8 Å². The Morgan fingerprint density at radius 3 is 1.71 bits per heavy atom. The molecule has 0 spiro atoms. The highest BCUT2D eigenvalue weighted by Crippen LogP contribution is 1.89. The molecule has 42 valence electrons. The third-order valence-corrected chi connectivity index (χ3v) is 2.58. The number of hydrogen-bond acceptors (Lipinski definition) is 2. The van der Waals surface area contributed by atoms with Crippen LogP contribution in [0, 0.1) is 0 Å². The average Bonchev–Trinajstić information content (AvgIpc) is 1.72. The first-order valence-corrected chi connectivity index (χ1v) is 4.16. The summed E-state index contributed by atoms with van der Waals surface area (Å²) < 4.78 is 9.93. The Bertz CT molecular complexity index is 31.2. The van der Waals surface area contributed by atoms with E-state index in [9.17, 15) is 0 Å². The molecule has 0 saturated heterocycles. The van der Waals surface area contributed by atoms with Gasteiger partial charge in [-0.2, -0.15) is 0 Å². The Labute approximate surface area is 49.5 Å². The SMILES string of the molecule is C[CH2][Al]([O]C)[O]C. The highest BCUT2D eigenvalue weighted by molar-refractivity contribution is 6.44. The predicted octanol–water partition coefficient (Wildman–Crippen LogP) is 0.787. The van der Waals surface area contributed by atoms with Gasteiger partial charge < -0.3 is 7.58 Å². The molecule has 0 bridgehead atoms. The summed E-state index contributed by atoms with van der Waals surface area (Å²) in [6.07, 6.45) is 0. The molecule has 0 heterocycles. The van der Waals surface area contributed by atoms with E-state index in [-0.39, 0.29) is 0 Å². The summed E-state index contributed by atoms with van der Waals surface area (Å²) in [5, 5.41) is 1.05. The van der Waals surface area contributed by atoms with Crippen LogP contribution in [0.5, 0.6) is 0 Å². The second-order valence-corrected chi connectivity index (χ2v) is 3.93. The standard InChI is InChI=1S/C2H5.2CH3O.Al/c3*1-2;/h1H2,2H3;2*1H3;/q;2*-1;+2. The maximum absolute atomic E-state index is 4.97. The van der Waals surface area contributed by atoms with Gasteiger partial charge in [-0.3, -0.25) is 0 Å². The van der Waals surface area contributed by atoms with Crippen LogP contribution in [-0.4, -0.2) is 29.0 Å². The van der Waals surface area contributed by atoms with Crippen molar-refractivity contribution in [3.8, 4) is 0 Å². The van der Waals surface area contributed by atoms with E-state index in [4.69, 9.17) is 7.58 Å². The lowest BCUT2D eigenvalue weighted by atomic mass is 11.0. The van der Waals surface area contributed by atoms with Gasteiger partial charge in [0.15, 0.2) is 0 Å². The zero-order valence-electron chi connectivity index (χ0n) is 5.10. The van der Waals surface area contributed by atoms with Crippen LogP contribution >= 0.6 is 0 Å². The van der Waals surface area contributed by atoms with E-state index in [1.54, 1.807) is 14.2 Å². The summed E-state index contributed by atoms with van der Waals surface area (Å²) in [5.74, 6) is 0. The quantitative estimate of drug-likeness (QED) is 0.510. The Morgan fingerprint density at radius 2 is 1.71 bits per heavy atom. The Hall–Kier alpha value is 0.452. The molecule has 0 aromatic heterocycles. The van der Waals surface area contributed by atoms with Crippen LogP contribution in [0.1, 0.15) is 6.92 Å². The summed E-state index contributed by atoms with van der Waals surface area (Å²) in [6, 6.07) is 0. The molecule has 0 N–H and O–H groups in total. The molecule has 0 atom stereocenters. The second-order valence-electron chi connectivity index (χ2n) is 1.31. The Kier molecular flexibility index (Phi) is 4.91. The summed E-state index contributed by atoms with van der Waals surface area (Å²) in [4.78, 5) is 0. The van der Waals surface area contributed by atoms with E-state index in [1.165, 1.54) is 0 Å². The molecule has 0 aromatic rings. The summed E-state index contributed by atoms with van der Waals surface area (Å²) in [7, 11) is 3.40. The van der Waals surface area contributed by atoms with Gasteiger partial charge in [-0.1, -0.05) is 6.92 Å². The van der Waals surface area contributed by atoms with Crippen LogP contribution in [0.3, 0.4) is 0 Å². The minimum absolute atomic E-state index is 1.05. The Balaban J connectivity index is 2.99. The lowest BCUT2D eigenvalue weighted by Gasteiger charge is -1.99. The van der Waals surface area contributed by atoms with Gasteiger partial charge >= 0.3 is 14.8 Å². The molecule has 0 amide bonds. The molecule has 0 aliphatic carbocycles. The summed E-state index contributed by atoms with van der Waals surface area (Å²) >= 11 is -1.17. The molecule has 0 aliphatic rings. The first-order chi connectivity index (χ1) is 3.35. The van der Waals surface area contributed by atoms with Gasteiger partial charge in [-0.15, -0.1) is 0 Å². The molecular formula is C4H11AlO2. The topological polar surface area (TPSA) is 18.5 Å². The average molecular weight is 118 g/mol. The smallest absolute Gasteiger partial charge is 0.481 e. The fraction of sp³-hybridized carbons (Fsp3) is 1.00. The normalized spacial score (nSPS) is 9.00. The molecule has 2 nitrogen and oxygen atoms in total. The van der Waals surface area contributed by atoms with Crippen molar-refractivity contribution in [2.75, 3.05) is 14.2 Å². The third-order valence-electron chi connectivity index (χ3n) is 0.859. The molecule has 0 aromatic carbocycles. The van der Waals surface area contributed by atoms with E-state index in [0.717, 1.165) is 5.28 Å². The van der Waals surface area contributed by atoms with Crippen LogP contribution in [0.25, 0.3) is 0 Å². The first-order valence-electron chi connectivity index (χ1n) is 2.40. The molecular weight excluding hydrogens is 107 g/mol. The van der Waals surface area contributed by atoms with Crippen molar-refractivity contribution >= 4 is 14.8 Å². The van der Waals surface area contributed by atoms with Crippen molar-refractivity contribution in [3.63, 3.8) is 0 Å². The van der Waals surface area contributed by atoms with Gasteiger partial charge in [-0.25, -0.2) is 0 Å². The van der Waals surface area contributed by atoms with Gasteiger partial charge in [0.2, 0.25) is 0 Å². The molecule has 0 radical (unpaired) electrons. The summed E-state index contributed by atoms with van der Waals surface area (Å²) in [5.41, 5.74) is 0. The van der Waals surface area contributed by atoms with Crippen molar-refractivity contribution in [3.05, 3.63) is 0 Å². The number of hydrogen-bond donors (Lipinski definition) is 0. The van der Waals surface area contributed by atoms with Gasteiger partial charge in [0.25, 0.3) is 0 Å². The summed E-state index contributed by atoms with van der Waals surface area (Å²) in [6.45, 7) is 2.07. The molecule has 0 fully saturated rings.